The van der Waals surface area contributed by atoms with Crippen LogP contribution in [0.3, 0.4) is 0 Å². The molecule has 2 aromatic carbocycles. The highest BCUT2D eigenvalue weighted by molar-refractivity contribution is 6.05. The number of nitrogens with two attached hydrogens (primary N) is 1. The number of piperidine rings is 1. The molecule has 2 aliphatic rings. The van der Waals surface area contributed by atoms with Crippen LogP contribution in [0.2, 0.25) is 0 Å². The molecule has 1 aromatic heterocycles. The van der Waals surface area contributed by atoms with E-state index in [1.165, 1.54) is 4.90 Å². The minimum atomic E-state index is -0.664. The summed E-state index contributed by atoms with van der Waals surface area (Å²) in [5, 5.41) is 7.86. The molecule has 5 N–H and O–H groups in total. The molecule has 0 bridgehead atoms. The number of carbonyl (C=O) groups is 4. The Balaban J connectivity index is 1.10. The van der Waals surface area contributed by atoms with Crippen molar-refractivity contribution in [3.8, 4) is 5.75 Å². The zero-order valence-corrected chi connectivity index (χ0v) is 21.0. The molecule has 2 aliphatic heterocycles. The number of ether oxygens (including phenoxy) is 1. The van der Waals surface area contributed by atoms with Gasteiger partial charge in [-0.1, -0.05) is 12.1 Å². The summed E-state index contributed by atoms with van der Waals surface area (Å²) in [6.45, 7) is 1.11. The summed E-state index contributed by atoms with van der Waals surface area (Å²) in [6.07, 6.45) is 3.84. The van der Waals surface area contributed by atoms with E-state index in [0.29, 0.717) is 35.8 Å². The van der Waals surface area contributed by atoms with Gasteiger partial charge in [0.1, 0.15) is 18.4 Å². The maximum Gasteiger partial charge on any atom is 0.319 e. The Bertz CT molecular complexity index is 1410. The van der Waals surface area contributed by atoms with Gasteiger partial charge in [-0.15, -0.1) is 0 Å². The van der Waals surface area contributed by atoms with Crippen LogP contribution < -0.4 is 26.4 Å². The first-order chi connectivity index (χ1) is 18.9. The molecule has 0 saturated carbocycles. The van der Waals surface area contributed by atoms with Gasteiger partial charge in [0.15, 0.2) is 5.82 Å². The first kappa shape index (κ1) is 25.8. The summed E-state index contributed by atoms with van der Waals surface area (Å²) in [5.74, 6) is 0.134. The quantitative estimate of drug-likeness (QED) is 0.319. The zero-order chi connectivity index (χ0) is 27.4. The SMILES string of the molecule is NCc1cnc(COc2ccc(NC(=O)NCc3ccc4c(c3)CN(C3CCC(=O)NC3=O)C4=O)cc2)nc1. The van der Waals surface area contributed by atoms with Crippen molar-refractivity contribution in [1.82, 2.24) is 25.5 Å². The van der Waals surface area contributed by atoms with Gasteiger partial charge in [0.2, 0.25) is 11.8 Å². The lowest BCUT2D eigenvalue weighted by Gasteiger charge is -2.29. The van der Waals surface area contributed by atoms with Crippen LogP contribution in [0.25, 0.3) is 0 Å². The number of nitrogens with one attached hydrogen (secondary N) is 3. The van der Waals surface area contributed by atoms with Gasteiger partial charge < -0.3 is 26.0 Å². The fraction of sp³-hybridized carbons (Fsp3) is 0.259. The van der Waals surface area contributed by atoms with E-state index in [0.717, 1.165) is 16.7 Å². The van der Waals surface area contributed by atoms with Crippen LogP contribution in [0.1, 0.15) is 45.7 Å². The molecule has 5 rings (SSSR count). The number of rotatable bonds is 8. The van der Waals surface area contributed by atoms with E-state index in [-0.39, 0.29) is 44.0 Å². The maximum atomic E-state index is 12.8. The minimum absolute atomic E-state index is 0.204. The molecule has 12 heteroatoms. The van der Waals surface area contributed by atoms with Gasteiger partial charge in [-0.05, 0) is 47.9 Å². The van der Waals surface area contributed by atoms with Crippen LogP contribution in [0, 0.1) is 0 Å². The smallest absolute Gasteiger partial charge is 0.319 e. The van der Waals surface area contributed by atoms with Crippen LogP contribution in [0.4, 0.5) is 10.5 Å². The molecule has 0 aliphatic carbocycles. The highest BCUT2D eigenvalue weighted by Crippen LogP contribution is 2.28. The molecule has 5 amide bonds. The van der Waals surface area contributed by atoms with Crippen molar-refractivity contribution < 1.29 is 23.9 Å². The third-order valence-corrected chi connectivity index (χ3v) is 6.52. The van der Waals surface area contributed by atoms with E-state index in [9.17, 15) is 19.2 Å². The maximum absolute atomic E-state index is 12.8. The van der Waals surface area contributed by atoms with Crippen molar-refractivity contribution >= 4 is 29.4 Å². The number of aromatic nitrogens is 2. The highest BCUT2D eigenvalue weighted by atomic mass is 16.5. The topological polar surface area (TPSA) is 169 Å². The van der Waals surface area contributed by atoms with E-state index in [4.69, 9.17) is 10.5 Å². The van der Waals surface area contributed by atoms with Gasteiger partial charge in [0, 0.05) is 55.3 Å². The highest BCUT2D eigenvalue weighted by Gasteiger charge is 2.39. The number of anilines is 1. The Morgan fingerprint density at radius 3 is 2.56 bits per heavy atom. The number of amides is 5. The Kier molecular flexibility index (Phi) is 7.46. The average molecular weight is 530 g/mol. The molecule has 1 unspecified atom stereocenters. The van der Waals surface area contributed by atoms with Crippen LogP contribution in [-0.4, -0.2) is 44.7 Å². The van der Waals surface area contributed by atoms with E-state index in [1.54, 1.807) is 48.8 Å². The molecule has 200 valence electrons. The van der Waals surface area contributed by atoms with E-state index in [2.05, 4.69) is 25.9 Å². The summed E-state index contributed by atoms with van der Waals surface area (Å²) in [6, 6.07) is 11.2. The van der Waals surface area contributed by atoms with Gasteiger partial charge in [-0.25, -0.2) is 14.8 Å². The third-order valence-electron chi connectivity index (χ3n) is 6.52. The fourth-order valence-corrected chi connectivity index (χ4v) is 4.44. The summed E-state index contributed by atoms with van der Waals surface area (Å²) < 4.78 is 5.68. The van der Waals surface area contributed by atoms with E-state index in [1.807, 2.05) is 6.07 Å². The lowest BCUT2D eigenvalue weighted by Crippen LogP contribution is -2.52. The summed E-state index contributed by atoms with van der Waals surface area (Å²) in [5.41, 5.74) is 9.09. The van der Waals surface area contributed by atoms with Gasteiger partial charge in [0.25, 0.3) is 5.91 Å². The second-order valence-corrected chi connectivity index (χ2v) is 9.22. The van der Waals surface area contributed by atoms with Crippen molar-refractivity contribution in [3.05, 3.63) is 82.9 Å². The largest absolute Gasteiger partial charge is 0.486 e. The first-order valence-corrected chi connectivity index (χ1v) is 12.4. The Labute approximate surface area is 223 Å². The van der Waals surface area contributed by atoms with Gasteiger partial charge >= 0.3 is 6.03 Å². The predicted octanol–water partition coefficient (Wildman–Crippen LogP) is 1.60. The average Bonchev–Trinajstić information content (AvgIpc) is 3.27. The molecule has 0 spiro atoms. The van der Waals surface area contributed by atoms with Crippen molar-refractivity contribution in [2.75, 3.05) is 5.32 Å². The zero-order valence-electron chi connectivity index (χ0n) is 21.0. The van der Waals surface area contributed by atoms with Gasteiger partial charge in [-0.2, -0.15) is 0 Å². The van der Waals surface area contributed by atoms with Crippen molar-refractivity contribution in [1.29, 1.82) is 0 Å². The number of urea groups is 1. The van der Waals surface area contributed by atoms with Crippen LogP contribution in [0.15, 0.2) is 54.9 Å². The summed E-state index contributed by atoms with van der Waals surface area (Å²) >= 11 is 0. The second kappa shape index (κ2) is 11.3. The van der Waals surface area contributed by atoms with E-state index < -0.39 is 11.9 Å². The molecule has 39 heavy (non-hydrogen) atoms. The molecular formula is C27H27N7O5. The fourth-order valence-electron chi connectivity index (χ4n) is 4.44. The monoisotopic (exact) mass is 529 g/mol. The van der Waals surface area contributed by atoms with Crippen LogP contribution >= 0.6 is 0 Å². The van der Waals surface area contributed by atoms with Gasteiger partial charge in [-0.3, -0.25) is 19.7 Å². The predicted molar refractivity (Wildman–Crippen MR) is 139 cm³/mol. The Morgan fingerprint density at radius 1 is 1.08 bits per heavy atom. The number of imide groups is 1. The first-order valence-electron chi connectivity index (χ1n) is 12.4. The van der Waals surface area contributed by atoms with Crippen LogP contribution in [0.5, 0.6) is 5.75 Å². The molecular weight excluding hydrogens is 502 g/mol. The number of fused-ring (bicyclic) bond motifs is 1. The number of benzene rings is 2. The molecule has 12 nitrogen and oxygen atoms in total. The normalized spacial score (nSPS) is 16.5. The molecule has 1 fully saturated rings. The molecule has 1 atom stereocenters. The molecule has 3 aromatic rings. The number of carbonyl (C=O) groups excluding carboxylic acids is 4. The van der Waals surface area contributed by atoms with Crippen molar-refractivity contribution in [2.24, 2.45) is 5.73 Å². The van der Waals surface area contributed by atoms with Crippen LogP contribution in [-0.2, 0) is 35.8 Å². The Hall–Kier alpha value is -4.84. The summed E-state index contributed by atoms with van der Waals surface area (Å²) in [4.78, 5) is 58.8. The van der Waals surface area contributed by atoms with E-state index >= 15 is 0 Å². The lowest BCUT2D eigenvalue weighted by molar-refractivity contribution is -0.136. The molecule has 0 radical (unpaired) electrons. The molecule has 1 saturated heterocycles. The minimum Gasteiger partial charge on any atom is -0.486 e. The third kappa shape index (κ3) is 6.02. The Morgan fingerprint density at radius 2 is 1.85 bits per heavy atom. The van der Waals surface area contributed by atoms with Gasteiger partial charge in [0.05, 0.1) is 0 Å². The van der Waals surface area contributed by atoms with Crippen molar-refractivity contribution in [3.63, 3.8) is 0 Å². The number of hydrogen-bond donors (Lipinski definition) is 4. The van der Waals surface area contributed by atoms with Crippen molar-refractivity contribution in [2.45, 2.75) is 45.1 Å². The second-order valence-electron chi connectivity index (χ2n) is 9.22. The number of hydrogen-bond acceptors (Lipinski definition) is 8. The molecule has 3 heterocycles. The number of nitrogens with zero attached hydrogens (tertiary/aromatic N) is 3. The standard InChI is InChI=1S/C27H27N7O5/c28-10-17-12-29-23(30-13-17)15-39-20-4-2-19(3-5-20)32-27(38)31-11-16-1-6-21-18(9-16)14-34(26(21)37)22-7-8-24(35)33-25(22)36/h1-6,9,12-13,22H,7-8,10-11,14-15,28H2,(H2,31,32,38)(H,33,35,36). The lowest BCUT2D eigenvalue weighted by atomic mass is 10.0. The summed E-state index contributed by atoms with van der Waals surface area (Å²) in [7, 11) is 0.